The van der Waals surface area contributed by atoms with Gasteiger partial charge in [0.15, 0.2) is 0 Å². The highest BCUT2D eigenvalue weighted by Gasteiger charge is 2.34. The number of hydrogen-bond donors (Lipinski definition) is 2. The first-order valence-electron chi connectivity index (χ1n) is 6.72. The fourth-order valence-electron chi connectivity index (χ4n) is 2.51. The summed E-state index contributed by atoms with van der Waals surface area (Å²) in [6.45, 7) is 5.21. The van der Waals surface area contributed by atoms with Crippen molar-refractivity contribution < 1.29 is 9.90 Å². The van der Waals surface area contributed by atoms with Crippen LogP contribution in [0.2, 0.25) is 0 Å². The number of carbonyl (C=O) groups is 1. The Kier molecular flexibility index (Phi) is 3.99. The van der Waals surface area contributed by atoms with Gasteiger partial charge in [0.2, 0.25) is 0 Å². The summed E-state index contributed by atoms with van der Waals surface area (Å²) >= 11 is 5.11. The maximum absolute atomic E-state index is 12.5. The van der Waals surface area contributed by atoms with E-state index in [1.807, 2.05) is 11.8 Å². The lowest BCUT2D eigenvalue weighted by atomic mass is 9.80. The van der Waals surface area contributed by atoms with Crippen LogP contribution >= 0.6 is 12.2 Å². The van der Waals surface area contributed by atoms with Crippen LogP contribution in [0.15, 0.2) is 18.2 Å². The van der Waals surface area contributed by atoms with Crippen LogP contribution in [0.1, 0.15) is 35.7 Å². The average molecular weight is 292 g/mol. The van der Waals surface area contributed by atoms with Crippen LogP contribution in [-0.4, -0.2) is 34.0 Å². The first kappa shape index (κ1) is 14.8. The summed E-state index contributed by atoms with van der Waals surface area (Å²) in [7, 11) is 0. The molecule has 0 spiro atoms. The predicted octanol–water partition coefficient (Wildman–Crippen LogP) is 2.23. The third kappa shape index (κ3) is 2.77. The topological polar surface area (TPSA) is 66.6 Å². The van der Waals surface area contributed by atoms with Crippen LogP contribution in [0.3, 0.4) is 0 Å². The highest BCUT2D eigenvalue weighted by Crippen LogP contribution is 2.32. The lowest BCUT2D eigenvalue weighted by molar-refractivity contribution is 0.0669. The smallest absolute Gasteiger partial charge is 0.254 e. The van der Waals surface area contributed by atoms with E-state index in [-0.39, 0.29) is 17.1 Å². The van der Waals surface area contributed by atoms with Gasteiger partial charge in [-0.2, -0.15) is 0 Å². The van der Waals surface area contributed by atoms with Gasteiger partial charge in [-0.15, -0.1) is 0 Å². The zero-order valence-electron chi connectivity index (χ0n) is 11.8. The molecule has 3 N–H and O–H groups in total. The molecule has 1 aliphatic rings. The van der Waals surface area contributed by atoms with E-state index >= 15 is 0 Å². The first-order valence-corrected chi connectivity index (χ1v) is 7.13. The number of piperidine rings is 1. The zero-order valence-corrected chi connectivity index (χ0v) is 12.7. The molecule has 0 unspecified atom stereocenters. The van der Waals surface area contributed by atoms with E-state index in [1.54, 1.807) is 18.2 Å². The molecule has 0 aliphatic carbocycles. The summed E-state index contributed by atoms with van der Waals surface area (Å²) in [6, 6.07) is 4.83. The molecule has 1 fully saturated rings. The number of phenolic OH excluding ortho intramolecular Hbond substituents is 1. The van der Waals surface area contributed by atoms with Gasteiger partial charge in [0.05, 0.1) is 4.99 Å². The van der Waals surface area contributed by atoms with Gasteiger partial charge in [-0.05, 0) is 43.5 Å². The molecule has 0 saturated carbocycles. The minimum Gasteiger partial charge on any atom is -0.508 e. The SMILES string of the molecule is Cc1cc(O)ccc1C(=O)N1CCC(C)(C(N)=S)CC1. The van der Waals surface area contributed by atoms with Gasteiger partial charge in [0.1, 0.15) is 5.75 Å². The lowest BCUT2D eigenvalue weighted by Crippen LogP contribution is -2.46. The van der Waals surface area contributed by atoms with Gasteiger partial charge < -0.3 is 15.7 Å². The van der Waals surface area contributed by atoms with Gasteiger partial charge in [-0.3, -0.25) is 4.79 Å². The molecule has 1 aromatic rings. The maximum atomic E-state index is 12.5. The number of aryl methyl sites for hydroxylation is 1. The Morgan fingerprint density at radius 2 is 2.00 bits per heavy atom. The largest absolute Gasteiger partial charge is 0.508 e. The van der Waals surface area contributed by atoms with Crippen LogP contribution in [0.4, 0.5) is 0 Å². The summed E-state index contributed by atoms with van der Waals surface area (Å²) in [5, 5.41) is 9.41. The van der Waals surface area contributed by atoms with Crippen molar-refractivity contribution in [3.05, 3.63) is 29.3 Å². The molecule has 0 bridgehead atoms. The molecule has 2 rings (SSSR count). The third-order valence-corrected chi connectivity index (χ3v) is 4.68. The van der Waals surface area contributed by atoms with E-state index in [4.69, 9.17) is 18.0 Å². The normalized spacial score (nSPS) is 17.8. The molecule has 0 radical (unpaired) electrons. The van der Waals surface area contributed by atoms with E-state index in [0.29, 0.717) is 23.6 Å². The van der Waals surface area contributed by atoms with Gasteiger partial charge in [0, 0.05) is 24.1 Å². The quantitative estimate of drug-likeness (QED) is 0.820. The highest BCUT2D eigenvalue weighted by molar-refractivity contribution is 7.80. The molecule has 20 heavy (non-hydrogen) atoms. The summed E-state index contributed by atoms with van der Waals surface area (Å²) < 4.78 is 0. The molecule has 0 atom stereocenters. The summed E-state index contributed by atoms with van der Waals surface area (Å²) in [5.41, 5.74) is 7.06. The van der Waals surface area contributed by atoms with Crippen molar-refractivity contribution in [3.8, 4) is 5.75 Å². The average Bonchev–Trinajstić information content (AvgIpc) is 2.38. The molecule has 0 aromatic heterocycles. The molecule has 1 amide bonds. The second-order valence-corrected chi connectivity index (χ2v) is 6.16. The molecule has 4 nitrogen and oxygen atoms in total. The van der Waals surface area contributed by atoms with Crippen LogP contribution in [0.5, 0.6) is 5.75 Å². The Bertz CT molecular complexity index is 549. The van der Waals surface area contributed by atoms with Crippen LogP contribution in [0, 0.1) is 12.3 Å². The number of likely N-dealkylation sites (tertiary alicyclic amines) is 1. The number of amides is 1. The molecule has 5 heteroatoms. The van der Waals surface area contributed by atoms with Gasteiger partial charge in [-0.25, -0.2) is 0 Å². The number of nitrogens with zero attached hydrogens (tertiary/aromatic N) is 1. The van der Waals surface area contributed by atoms with Crippen molar-refractivity contribution in [2.24, 2.45) is 11.1 Å². The highest BCUT2D eigenvalue weighted by atomic mass is 32.1. The number of nitrogens with two attached hydrogens (primary N) is 1. The zero-order chi connectivity index (χ0) is 14.9. The lowest BCUT2D eigenvalue weighted by Gasteiger charge is -2.38. The van der Waals surface area contributed by atoms with Crippen LogP contribution in [-0.2, 0) is 0 Å². The fourth-order valence-corrected chi connectivity index (χ4v) is 2.71. The van der Waals surface area contributed by atoms with Crippen molar-refractivity contribution in [2.45, 2.75) is 26.7 Å². The number of benzene rings is 1. The minimum absolute atomic E-state index is 0.00693. The van der Waals surface area contributed by atoms with Gasteiger partial charge >= 0.3 is 0 Å². The Labute approximate surface area is 124 Å². The number of hydrogen-bond acceptors (Lipinski definition) is 3. The number of phenols is 1. The van der Waals surface area contributed by atoms with Crippen molar-refractivity contribution in [1.82, 2.24) is 4.90 Å². The van der Waals surface area contributed by atoms with Crippen LogP contribution < -0.4 is 5.73 Å². The van der Waals surface area contributed by atoms with E-state index in [9.17, 15) is 9.90 Å². The number of carbonyl (C=O) groups excluding carboxylic acids is 1. The molecule has 1 heterocycles. The first-order chi connectivity index (χ1) is 9.33. The van der Waals surface area contributed by atoms with E-state index in [1.165, 1.54) is 0 Å². The molecule has 108 valence electrons. The summed E-state index contributed by atoms with van der Waals surface area (Å²) in [5.74, 6) is 0.186. The third-order valence-electron chi connectivity index (χ3n) is 4.19. The second kappa shape index (κ2) is 5.40. The maximum Gasteiger partial charge on any atom is 0.254 e. The number of thiocarbonyl (C=S) groups is 1. The number of rotatable bonds is 2. The Balaban J connectivity index is 2.11. The molecular weight excluding hydrogens is 272 g/mol. The van der Waals surface area contributed by atoms with Crippen molar-refractivity contribution >= 4 is 23.1 Å². The minimum atomic E-state index is -0.143. The Morgan fingerprint density at radius 3 is 2.50 bits per heavy atom. The van der Waals surface area contributed by atoms with Gasteiger partial charge in [-0.1, -0.05) is 19.1 Å². The Morgan fingerprint density at radius 1 is 1.40 bits per heavy atom. The second-order valence-electron chi connectivity index (χ2n) is 5.72. The number of aromatic hydroxyl groups is 1. The summed E-state index contributed by atoms with van der Waals surface area (Å²) in [6.07, 6.45) is 1.59. The fraction of sp³-hybridized carbons (Fsp3) is 0.467. The van der Waals surface area contributed by atoms with Crippen molar-refractivity contribution in [2.75, 3.05) is 13.1 Å². The molecule has 1 saturated heterocycles. The summed E-state index contributed by atoms with van der Waals surface area (Å²) in [4.78, 5) is 14.9. The van der Waals surface area contributed by atoms with E-state index < -0.39 is 0 Å². The monoisotopic (exact) mass is 292 g/mol. The van der Waals surface area contributed by atoms with Crippen molar-refractivity contribution in [1.29, 1.82) is 0 Å². The Hall–Kier alpha value is -1.62. The molecule has 1 aromatic carbocycles. The molecular formula is C15H20N2O2S. The van der Waals surface area contributed by atoms with E-state index in [2.05, 4.69) is 6.92 Å². The standard InChI is InChI=1S/C15H20N2O2S/c1-10-9-11(18)3-4-12(10)13(19)17-7-5-15(2,6-8-17)14(16)20/h3-4,9,18H,5-8H2,1-2H3,(H2,16,20). The van der Waals surface area contributed by atoms with Gasteiger partial charge in [0.25, 0.3) is 5.91 Å². The molecule has 1 aliphatic heterocycles. The predicted molar refractivity (Wildman–Crippen MR) is 82.9 cm³/mol. The van der Waals surface area contributed by atoms with E-state index in [0.717, 1.165) is 18.4 Å². The van der Waals surface area contributed by atoms with Crippen LogP contribution in [0.25, 0.3) is 0 Å². The van der Waals surface area contributed by atoms with Crippen molar-refractivity contribution in [3.63, 3.8) is 0 Å².